The molecule has 0 radical (unpaired) electrons. The Bertz CT molecular complexity index is 117. The number of rotatable bonds is 4. The molecule has 3 heteroatoms. The fourth-order valence-corrected chi connectivity index (χ4v) is 0.467. The molecule has 0 bridgehead atoms. The van der Waals surface area contributed by atoms with Gasteiger partial charge in [0, 0.05) is 13.1 Å². The summed E-state index contributed by atoms with van der Waals surface area (Å²) in [5, 5.41) is 10.7. The second-order valence-corrected chi connectivity index (χ2v) is 2.07. The number of halogens is 1. The minimum atomic E-state index is -0.426. The summed E-state index contributed by atoms with van der Waals surface area (Å²) >= 11 is 5.44. The van der Waals surface area contributed by atoms with Crippen LogP contribution in [0.2, 0.25) is 0 Å². The van der Waals surface area contributed by atoms with E-state index in [1.54, 1.807) is 6.08 Å². The maximum absolute atomic E-state index is 8.19. The molecule has 1 unspecified atom stereocenters. The van der Waals surface area contributed by atoms with Gasteiger partial charge in [0.2, 0.25) is 0 Å². The highest BCUT2D eigenvalue weighted by molar-refractivity contribution is 6.22. The van der Waals surface area contributed by atoms with Crippen LogP contribution < -0.4 is 5.32 Å². The van der Waals surface area contributed by atoms with Crippen molar-refractivity contribution < 1.29 is 0 Å². The van der Waals surface area contributed by atoms with Crippen molar-refractivity contribution >= 4 is 11.6 Å². The minimum absolute atomic E-state index is 0.426. The molecule has 0 saturated carbocycles. The zero-order chi connectivity index (χ0) is 7.11. The Morgan fingerprint density at radius 1 is 1.89 bits per heavy atom. The van der Waals surface area contributed by atoms with E-state index in [0.29, 0.717) is 13.1 Å². The van der Waals surface area contributed by atoms with Crippen LogP contribution in [0.25, 0.3) is 0 Å². The third-order valence-electron chi connectivity index (χ3n) is 0.752. The van der Waals surface area contributed by atoms with Crippen molar-refractivity contribution in [1.82, 2.24) is 5.32 Å². The third kappa shape index (κ3) is 5.35. The third-order valence-corrected chi connectivity index (χ3v) is 1.00. The van der Waals surface area contributed by atoms with Gasteiger partial charge >= 0.3 is 0 Å². The summed E-state index contributed by atoms with van der Waals surface area (Å²) in [5.41, 5.74) is 0. The van der Waals surface area contributed by atoms with Crippen LogP contribution in [0.15, 0.2) is 12.7 Å². The van der Waals surface area contributed by atoms with E-state index in [1.807, 2.05) is 6.07 Å². The lowest BCUT2D eigenvalue weighted by Gasteiger charge is -1.98. The Morgan fingerprint density at radius 3 is 3.00 bits per heavy atom. The zero-order valence-electron chi connectivity index (χ0n) is 5.10. The highest BCUT2D eigenvalue weighted by Crippen LogP contribution is 1.88. The van der Waals surface area contributed by atoms with Crippen LogP contribution in [0.4, 0.5) is 0 Å². The first-order valence-electron chi connectivity index (χ1n) is 2.66. The monoisotopic (exact) mass is 144 g/mol. The molecule has 0 aromatic heterocycles. The molecule has 0 aliphatic heterocycles. The van der Waals surface area contributed by atoms with Crippen LogP contribution in [0, 0.1) is 11.3 Å². The van der Waals surface area contributed by atoms with E-state index in [9.17, 15) is 0 Å². The lowest BCUT2D eigenvalue weighted by atomic mass is 10.4. The normalized spacial score (nSPS) is 12.0. The van der Waals surface area contributed by atoms with Gasteiger partial charge < -0.3 is 5.32 Å². The number of nitrogens with one attached hydrogen (secondary N) is 1. The van der Waals surface area contributed by atoms with E-state index in [2.05, 4.69) is 11.9 Å². The molecule has 50 valence electrons. The van der Waals surface area contributed by atoms with Gasteiger partial charge in [0.15, 0.2) is 0 Å². The predicted octanol–water partition coefficient (Wildman–Crippen LogP) is 0.893. The quantitative estimate of drug-likeness (QED) is 0.362. The molecule has 0 saturated heterocycles. The van der Waals surface area contributed by atoms with Gasteiger partial charge in [0.1, 0.15) is 5.38 Å². The maximum atomic E-state index is 8.19. The van der Waals surface area contributed by atoms with E-state index in [4.69, 9.17) is 16.9 Å². The van der Waals surface area contributed by atoms with Gasteiger partial charge in [0.25, 0.3) is 0 Å². The van der Waals surface area contributed by atoms with Crippen molar-refractivity contribution in [3.8, 4) is 6.07 Å². The van der Waals surface area contributed by atoms with Crippen LogP contribution in [0.3, 0.4) is 0 Å². The van der Waals surface area contributed by atoms with Crippen LogP contribution in [0.5, 0.6) is 0 Å². The molecule has 0 aromatic rings. The topological polar surface area (TPSA) is 35.8 Å². The van der Waals surface area contributed by atoms with Crippen molar-refractivity contribution in [3.05, 3.63) is 12.7 Å². The molecule has 1 N–H and O–H groups in total. The fourth-order valence-electron chi connectivity index (χ4n) is 0.358. The molecular formula is C6H9ClN2. The summed E-state index contributed by atoms with van der Waals surface area (Å²) in [6.07, 6.45) is 1.72. The summed E-state index contributed by atoms with van der Waals surface area (Å²) in [6.45, 7) is 4.71. The van der Waals surface area contributed by atoms with Gasteiger partial charge in [-0.15, -0.1) is 18.2 Å². The average Bonchev–Trinajstić information content (AvgIpc) is 1.89. The number of hydrogen-bond donors (Lipinski definition) is 1. The Balaban J connectivity index is 3.08. The van der Waals surface area contributed by atoms with E-state index >= 15 is 0 Å². The number of nitrogens with zero attached hydrogens (tertiary/aromatic N) is 1. The van der Waals surface area contributed by atoms with Crippen molar-refractivity contribution in [1.29, 1.82) is 5.26 Å². The standard InChI is InChI=1S/C6H9ClN2/c1-2-3-9-5-6(7)4-8/h2,6,9H,1,3,5H2. The van der Waals surface area contributed by atoms with Gasteiger partial charge in [-0.2, -0.15) is 5.26 Å². The number of nitriles is 1. The summed E-state index contributed by atoms with van der Waals surface area (Å²) in [6, 6.07) is 1.89. The Labute approximate surface area is 60.1 Å². The van der Waals surface area contributed by atoms with Gasteiger partial charge in [-0.25, -0.2) is 0 Å². The molecule has 0 aliphatic rings. The second-order valence-electron chi connectivity index (χ2n) is 1.54. The Kier molecular flexibility index (Phi) is 5.29. The van der Waals surface area contributed by atoms with Gasteiger partial charge in [-0.05, 0) is 0 Å². The van der Waals surface area contributed by atoms with Crippen molar-refractivity contribution in [3.63, 3.8) is 0 Å². The molecule has 0 aromatic carbocycles. The molecule has 0 heterocycles. The maximum Gasteiger partial charge on any atom is 0.132 e. The summed E-state index contributed by atoms with van der Waals surface area (Å²) < 4.78 is 0. The molecule has 0 spiro atoms. The van der Waals surface area contributed by atoms with Gasteiger partial charge in [-0.1, -0.05) is 6.08 Å². The molecule has 0 rings (SSSR count). The van der Waals surface area contributed by atoms with Gasteiger partial charge in [0.05, 0.1) is 6.07 Å². The molecule has 2 nitrogen and oxygen atoms in total. The Morgan fingerprint density at radius 2 is 2.56 bits per heavy atom. The molecule has 9 heavy (non-hydrogen) atoms. The first kappa shape index (κ1) is 8.48. The molecule has 0 fully saturated rings. The summed E-state index contributed by atoms with van der Waals surface area (Å²) in [5.74, 6) is 0. The summed E-state index contributed by atoms with van der Waals surface area (Å²) in [4.78, 5) is 0. The van der Waals surface area contributed by atoms with E-state index in [0.717, 1.165) is 0 Å². The van der Waals surface area contributed by atoms with Crippen LogP contribution >= 0.6 is 11.6 Å². The lowest BCUT2D eigenvalue weighted by Crippen LogP contribution is -2.21. The summed E-state index contributed by atoms with van der Waals surface area (Å²) in [7, 11) is 0. The largest absolute Gasteiger partial charge is 0.311 e. The van der Waals surface area contributed by atoms with Crippen LogP contribution in [0.1, 0.15) is 0 Å². The minimum Gasteiger partial charge on any atom is -0.311 e. The number of hydrogen-bond acceptors (Lipinski definition) is 2. The highest BCUT2D eigenvalue weighted by atomic mass is 35.5. The zero-order valence-corrected chi connectivity index (χ0v) is 5.86. The Hall–Kier alpha value is -0.520. The molecular weight excluding hydrogens is 136 g/mol. The lowest BCUT2D eigenvalue weighted by molar-refractivity contribution is 0.766. The highest BCUT2D eigenvalue weighted by Gasteiger charge is 1.97. The fraction of sp³-hybridized carbons (Fsp3) is 0.500. The van der Waals surface area contributed by atoms with E-state index in [1.165, 1.54) is 0 Å². The smallest absolute Gasteiger partial charge is 0.132 e. The first-order chi connectivity index (χ1) is 4.31. The first-order valence-corrected chi connectivity index (χ1v) is 3.10. The second kappa shape index (κ2) is 5.61. The van der Waals surface area contributed by atoms with Gasteiger partial charge in [-0.3, -0.25) is 0 Å². The molecule has 0 aliphatic carbocycles. The number of alkyl halides is 1. The van der Waals surface area contributed by atoms with Crippen LogP contribution in [-0.2, 0) is 0 Å². The SMILES string of the molecule is C=CCNCC(Cl)C#N. The van der Waals surface area contributed by atoms with Crippen molar-refractivity contribution in [2.24, 2.45) is 0 Å². The van der Waals surface area contributed by atoms with Crippen molar-refractivity contribution in [2.75, 3.05) is 13.1 Å². The van der Waals surface area contributed by atoms with E-state index in [-0.39, 0.29) is 0 Å². The molecule has 1 atom stereocenters. The molecule has 0 amide bonds. The van der Waals surface area contributed by atoms with Crippen molar-refractivity contribution in [2.45, 2.75) is 5.38 Å². The predicted molar refractivity (Wildman–Crippen MR) is 38.3 cm³/mol. The average molecular weight is 145 g/mol. The van der Waals surface area contributed by atoms with Crippen LogP contribution in [-0.4, -0.2) is 18.5 Å². The van der Waals surface area contributed by atoms with E-state index < -0.39 is 5.38 Å².